The molecule has 2 aromatic heterocycles. The molecule has 0 unspecified atom stereocenters. The van der Waals surface area contributed by atoms with Gasteiger partial charge in [-0.3, -0.25) is 0 Å². The number of rotatable bonds is 9. The number of nitrogens with zero attached hydrogens (tertiary/aromatic N) is 4. The molecule has 0 aliphatic rings. The summed E-state index contributed by atoms with van der Waals surface area (Å²) in [5.74, 6) is 1.85. The third kappa shape index (κ3) is 4.87. The van der Waals surface area contributed by atoms with E-state index < -0.39 is 10.0 Å². The van der Waals surface area contributed by atoms with Gasteiger partial charge in [0.05, 0.1) is 29.8 Å². The fraction of sp³-hybridized carbons (Fsp3) is 0.190. The number of hydrogen-bond acceptors (Lipinski definition) is 8. The standard InChI is InChI=1S/C21H19Cl2N5O5S/c1-31-13-6-7-16(32-2)14(12-13)21-26-25-18-8-9-19(27-28(18)21)33-11-10-24-34(29,30)17-5-3-4-15(22)20(17)23/h3-9,12,24H,10-11H2,1-2H3. The van der Waals surface area contributed by atoms with E-state index in [1.165, 1.54) is 22.7 Å². The van der Waals surface area contributed by atoms with E-state index in [9.17, 15) is 8.42 Å². The van der Waals surface area contributed by atoms with E-state index in [4.69, 9.17) is 37.4 Å². The molecule has 0 saturated carbocycles. The molecule has 2 aromatic carbocycles. The third-order valence-corrected chi connectivity index (χ3v) is 7.17. The SMILES string of the molecule is COc1ccc(OC)c(-c2nnc3ccc(OCCNS(=O)(=O)c4cccc(Cl)c4Cl)nn23)c1. The number of halogens is 2. The van der Waals surface area contributed by atoms with E-state index in [0.717, 1.165) is 0 Å². The molecule has 2 heterocycles. The van der Waals surface area contributed by atoms with Crippen molar-refractivity contribution < 1.29 is 22.6 Å². The molecule has 0 fully saturated rings. The number of sulfonamides is 1. The van der Waals surface area contributed by atoms with Gasteiger partial charge in [0.2, 0.25) is 15.9 Å². The van der Waals surface area contributed by atoms with Crippen molar-refractivity contribution in [2.24, 2.45) is 0 Å². The highest BCUT2D eigenvalue weighted by Gasteiger charge is 2.19. The second-order valence-corrected chi connectivity index (χ2v) is 9.35. The molecular weight excluding hydrogens is 505 g/mol. The Kier molecular flexibility index (Phi) is 7.08. The summed E-state index contributed by atoms with van der Waals surface area (Å²) in [4.78, 5) is -0.109. The van der Waals surface area contributed by atoms with Gasteiger partial charge >= 0.3 is 0 Å². The van der Waals surface area contributed by atoms with Crippen molar-refractivity contribution in [1.82, 2.24) is 24.5 Å². The first kappa shape index (κ1) is 24.0. The van der Waals surface area contributed by atoms with Gasteiger partial charge in [0.15, 0.2) is 11.5 Å². The maximum absolute atomic E-state index is 12.5. The van der Waals surface area contributed by atoms with Crippen LogP contribution in [0.5, 0.6) is 17.4 Å². The highest BCUT2D eigenvalue weighted by molar-refractivity contribution is 7.89. The minimum absolute atomic E-state index is 0.00978. The highest BCUT2D eigenvalue weighted by Crippen LogP contribution is 2.32. The number of benzene rings is 2. The van der Waals surface area contributed by atoms with Crippen molar-refractivity contribution >= 4 is 38.9 Å². The lowest BCUT2D eigenvalue weighted by Crippen LogP contribution is -2.28. The Labute approximate surface area is 205 Å². The van der Waals surface area contributed by atoms with Crippen molar-refractivity contribution in [3.63, 3.8) is 0 Å². The van der Waals surface area contributed by atoms with Crippen LogP contribution in [0.2, 0.25) is 10.0 Å². The minimum atomic E-state index is -3.87. The second-order valence-electron chi connectivity index (χ2n) is 6.83. The topological polar surface area (TPSA) is 117 Å². The maximum Gasteiger partial charge on any atom is 0.242 e. The van der Waals surface area contributed by atoms with Gasteiger partial charge in [-0.05, 0) is 36.4 Å². The molecule has 0 saturated heterocycles. The lowest BCUT2D eigenvalue weighted by atomic mass is 10.2. The van der Waals surface area contributed by atoms with E-state index in [0.29, 0.717) is 28.5 Å². The Morgan fingerprint density at radius 3 is 2.62 bits per heavy atom. The zero-order valence-corrected chi connectivity index (χ0v) is 20.4. The average Bonchev–Trinajstić information content (AvgIpc) is 3.26. The first-order chi connectivity index (χ1) is 16.3. The fourth-order valence-electron chi connectivity index (χ4n) is 3.11. The number of hydrogen-bond donors (Lipinski definition) is 1. The summed E-state index contributed by atoms with van der Waals surface area (Å²) >= 11 is 11.9. The molecular formula is C21H19Cl2N5O5S. The summed E-state index contributed by atoms with van der Waals surface area (Å²) in [6.07, 6.45) is 0. The smallest absolute Gasteiger partial charge is 0.242 e. The number of nitrogens with one attached hydrogen (secondary N) is 1. The van der Waals surface area contributed by atoms with Gasteiger partial charge in [0, 0.05) is 12.6 Å². The van der Waals surface area contributed by atoms with Crippen molar-refractivity contribution in [1.29, 1.82) is 0 Å². The molecule has 0 amide bonds. The molecule has 13 heteroatoms. The predicted molar refractivity (Wildman–Crippen MR) is 126 cm³/mol. The van der Waals surface area contributed by atoms with Crippen LogP contribution >= 0.6 is 23.2 Å². The molecule has 178 valence electrons. The molecule has 10 nitrogen and oxygen atoms in total. The number of methoxy groups -OCH3 is 2. The molecule has 0 atom stereocenters. The summed E-state index contributed by atoms with van der Waals surface area (Å²) in [7, 11) is -0.757. The molecule has 4 aromatic rings. The van der Waals surface area contributed by atoms with Crippen molar-refractivity contribution in [2.45, 2.75) is 4.90 Å². The maximum atomic E-state index is 12.5. The van der Waals surface area contributed by atoms with E-state index in [2.05, 4.69) is 20.0 Å². The normalized spacial score (nSPS) is 11.5. The minimum Gasteiger partial charge on any atom is -0.497 e. The van der Waals surface area contributed by atoms with E-state index in [-0.39, 0.29) is 34.0 Å². The molecule has 0 aliphatic heterocycles. The monoisotopic (exact) mass is 523 g/mol. The van der Waals surface area contributed by atoms with Crippen LogP contribution in [-0.4, -0.2) is 55.6 Å². The van der Waals surface area contributed by atoms with Gasteiger partial charge in [-0.25, -0.2) is 13.1 Å². The third-order valence-electron chi connectivity index (χ3n) is 4.74. The lowest BCUT2D eigenvalue weighted by molar-refractivity contribution is 0.306. The van der Waals surface area contributed by atoms with Crippen LogP contribution < -0.4 is 18.9 Å². The fourth-order valence-corrected chi connectivity index (χ4v) is 4.88. The van der Waals surface area contributed by atoms with Crippen molar-refractivity contribution in [3.8, 4) is 28.8 Å². The van der Waals surface area contributed by atoms with Gasteiger partial charge in [-0.15, -0.1) is 15.3 Å². The van der Waals surface area contributed by atoms with Crippen LogP contribution in [0.1, 0.15) is 0 Å². The molecule has 1 N–H and O–H groups in total. The Bertz CT molecular complexity index is 1450. The number of fused-ring (bicyclic) bond motifs is 1. The zero-order valence-electron chi connectivity index (χ0n) is 18.0. The molecule has 0 spiro atoms. The van der Waals surface area contributed by atoms with Crippen molar-refractivity contribution in [2.75, 3.05) is 27.4 Å². The second kappa shape index (κ2) is 10.0. The summed E-state index contributed by atoms with van der Waals surface area (Å²) in [6, 6.07) is 13.0. The lowest BCUT2D eigenvalue weighted by Gasteiger charge is -2.11. The summed E-state index contributed by atoms with van der Waals surface area (Å²) in [5, 5.41) is 12.9. The van der Waals surface area contributed by atoms with Crippen LogP contribution in [0, 0.1) is 0 Å². The summed E-state index contributed by atoms with van der Waals surface area (Å²) in [6.45, 7) is -0.0144. The Morgan fingerprint density at radius 2 is 1.85 bits per heavy atom. The van der Waals surface area contributed by atoms with Crippen LogP contribution in [0.3, 0.4) is 0 Å². The Balaban J connectivity index is 1.50. The molecule has 0 bridgehead atoms. The van der Waals surface area contributed by atoms with Crippen LogP contribution in [0.4, 0.5) is 0 Å². The molecule has 4 rings (SSSR count). The van der Waals surface area contributed by atoms with Crippen LogP contribution in [0.15, 0.2) is 53.4 Å². The highest BCUT2D eigenvalue weighted by atomic mass is 35.5. The van der Waals surface area contributed by atoms with Crippen LogP contribution in [0.25, 0.3) is 17.0 Å². The van der Waals surface area contributed by atoms with Crippen LogP contribution in [-0.2, 0) is 10.0 Å². The zero-order chi connectivity index (χ0) is 24.3. The number of ether oxygens (including phenoxy) is 3. The van der Waals surface area contributed by atoms with Gasteiger partial charge in [0.25, 0.3) is 0 Å². The Morgan fingerprint density at radius 1 is 1.03 bits per heavy atom. The van der Waals surface area contributed by atoms with E-state index >= 15 is 0 Å². The van der Waals surface area contributed by atoms with Gasteiger partial charge in [-0.2, -0.15) is 4.52 Å². The van der Waals surface area contributed by atoms with E-state index in [1.54, 1.807) is 44.6 Å². The molecule has 34 heavy (non-hydrogen) atoms. The van der Waals surface area contributed by atoms with Gasteiger partial charge < -0.3 is 14.2 Å². The van der Waals surface area contributed by atoms with Gasteiger partial charge in [-0.1, -0.05) is 29.3 Å². The van der Waals surface area contributed by atoms with Gasteiger partial charge in [0.1, 0.15) is 23.0 Å². The van der Waals surface area contributed by atoms with Crippen molar-refractivity contribution in [3.05, 3.63) is 58.6 Å². The largest absolute Gasteiger partial charge is 0.497 e. The predicted octanol–water partition coefficient (Wildman–Crippen LogP) is 3.47. The molecule has 0 aliphatic carbocycles. The average molecular weight is 524 g/mol. The molecule has 0 radical (unpaired) electrons. The quantitative estimate of drug-likeness (QED) is 0.331. The van der Waals surface area contributed by atoms with E-state index in [1.807, 2.05) is 0 Å². The Hall–Kier alpha value is -3.12. The first-order valence-electron chi connectivity index (χ1n) is 9.85. The summed E-state index contributed by atoms with van der Waals surface area (Å²) in [5.41, 5.74) is 1.12. The first-order valence-corrected chi connectivity index (χ1v) is 12.1. The summed E-state index contributed by atoms with van der Waals surface area (Å²) < 4.78 is 45.3. The number of aromatic nitrogens is 4.